The van der Waals surface area contributed by atoms with Crippen molar-refractivity contribution >= 4 is 5.91 Å². The molecule has 4 nitrogen and oxygen atoms in total. The molecule has 0 spiro atoms. The Bertz CT molecular complexity index is 983. The Morgan fingerprint density at radius 3 is 1.29 bits per heavy atom. The van der Waals surface area contributed by atoms with E-state index in [0.29, 0.717) is 6.42 Å². The van der Waals surface area contributed by atoms with Gasteiger partial charge in [-0.25, -0.2) is 0 Å². The number of hydrogen-bond acceptors (Lipinski definition) is 3. The average Bonchev–Trinajstić information content (AvgIpc) is 3.13. The van der Waals surface area contributed by atoms with Crippen molar-refractivity contribution in [3.8, 4) is 0 Å². The molecule has 0 aromatic carbocycles. The van der Waals surface area contributed by atoms with Gasteiger partial charge in [0, 0.05) is 6.42 Å². The molecule has 0 rings (SSSR count). The van der Waals surface area contributed by atoms with Crippen LogP contribution in [0.25, 0.3) is 0 Å². The van der Waals surface area contributed by atoms with Gasteiger partial charge in [0.15, 0.2) is 0 Å². The molecule has 0 aliphatic rings. The maximum absolute atomic E-state index is 12.3. The molecule has 3 N–H and O–H groups in total. The van der Waals surface area contributed by atoms with Crippen LogP contribution < -0.4 is 5.32 Å². The molecule has 0 saturated carbocycles. The zero-order chi connectivity index (χ0) is 37.1. The molecular formula is C47H79NO3. The van der Waals surface area contributed by atoms with Crippen molar-refractivity contribution in [2.45, 2.75) is 187 Å². The van der Waals surface area contributed by atoms with Gasteiger partial charge in [0.25, 0.3) is 0 Å². The molecule has 0 aliphatic carbocycles. The lowest BCUT2D eigenvalue weighted by atomic mass is 10.0. The van der Waals surface area contributed by atoms with E-state index in [4.69, 9.17) is 0 Å². The summed E-state index contributed by atoms with van der Waals surface area (Å²) in [5.41, 5.74) is 0. The van der Waals surface area contributed by atoms with Crippen molar-refractivity contribution in [3.05, 3.63) is 97.2 Å². The Labute approximate surface area is 315 Å². The fraction of sp³-hybridized carbons (Fsp3) is 0.638. The largest absolute Gasteiger partial charge is 0.394 e. The molecule has 0 aliphatic heterocycles. The Balaban J connectivity index is 3.55. The Hall–Kier alpha value is -2.69. The number of carbonyl (C=O) groups is 1. The van der Waals surface area contributed by atoms with Gasteiger partial charge in [0.05, 0.1) is 18.8 Å². The van der Waals surface area contributed by atoms with Crippen molar-refractivity contribution in [2.75, 3.05) is 6.61 Å². The molecule has 0 radical (unpaired) electrons. The van der Waals surface area contributed by atoms with E-state index in [1.54, 1.807) is 6.08 Å². The highest BCUT2D eigenvalue weighted by Crippen LogP contribution is 2.13. The maximum atomic E-state index is 12.3. The van der Waals surface area contributed by atoms with E-state index in [0.717, 1.165) is 70.6 Å². The van der Waals surface area contributed by atoms with E-state index in [1.165, 1.54) is 83.5 Å². The third kappa shape index (κ3) is 38.4. The second kappa shape index (κ2) is 41.7. The minimum absolute atomic E-state index is 0.0789. The number of hydrogen-bond donors (Lipinski definition) is 3. The topological polar surface area (TPSA) is 69.6 Å². The molecule has 0 aromatic rings. The monoisotopic (exact) mass is 706 g/mol. The fourth-order valence-corrected chi connectivity index (χ4v) is 5.63. The molecule has 0 aromatic heterocycles. The van der Waals surface area contributed by atoms with Crippen LogP contribution >= 0.6 is 0 Å². The van der Waals surface area contributed by atoms with Crippen molar-refractivity contribution < 1.29 is 15.0 Å². The van der Waals surface area contributed by atoms with E-state index in [-0.39, 0.29) is 12.5 Å². The van der Waals surface area contributed by atoms with Crippen LogP contribution in [0.2, 0.25) is 0 Å². The molecule has 0 heterocycles. The first kappa shape index (κ1) is 48.3. The summed E-state index contributed by atoms with van der Waals surface area (Å²) in [6, 6.07) is -0.625. The van der Waals surface area contributed by atoms with Gasteiger partial charge >= 0.3 is 0 Å². The van der Waals surface area contributed by atoms with Crippen LogP contribution in [0.1, 0.15) is 174 Å². The van der Waals surface area contributed by atoms with Crippen molar-refractivity contribution in [1.82, 2.24) is 5.32 Å². The van der Waals surface area contributed by atoms with Gasteiger partial charge in [-0.2, -0.15) is 0 Å². The van der Waals surface area contributed by atoms with E-state index in [9.17, 15) is 15.0 Å². The SMILES string of the molecule is CC/C=C\C/C=C\C/C=C\C/C=C\C/C=C\C/C=C\C/C=C\CCCCCCCCCCCCCC(=O)NC(CO)C(O)/C=C/CCCCCC. The number of allylic oxidation sites excluding steroid dienone is 15. The molecule has 290 valence electrons. The highest BCUT2D eigenvalue weighted by Gasteiger charge is 2.17. The van der Waals surface area contributed by atoms with Gasteiger partial charge in [-0.15, -0.1) is 0 Å². The predicted octanol–water partition coefficient (Wildman–Crippen LogP) is 13.1. The summed E-state index contributed by atoms with van der Waals surface area (Å²) in [5.74, 6) is -0.0789. The number of carbonyl (C=O) groups excluding carboxylic acids is 1. The summed E-state index contributed by atoms with van der Waals surface area (Å²) in [7, 11) is 0. The van der Waals surface area contributed by atoms with Gasteiger partial charge in [-0.1, -0.05) is 188 Å². The summed E-state index contributed by atoms with van der Waals surface area (Å²) >= 11 is 0. The molecule has 2 atom stereocenters. The Morgan fingerprint density at radius 2 is 0.863 bits per heavy atom. The molecule has 4 heteroatoms. The van der Waals surface area contributed by atoms with Gasteiger partial charge in [0.2, 0.25) is 5.91 Å². The normalized spacial score (nSPS) is 14.0. The zero-order valence-corrected chi connectivity index (χ0v) is 33.1. The summed E-state index contributed by atoms with van der Waals surface area (Å²) in [4.78, 5) is 12.3. The van der Waals surface area contributed by atoms with Gasteiger partial charge in [-0.05, 0) is 77.0 Å². The number of nitrogens with one attached hydrogen (secondary N) is 1. The van der Waals surface area contributed by atoms with Crippen LogP contribution in [0, 0.1) is 0 Å². The van der Waals surface area contributed by atoms with E-state index < -0.39 is 12.1 Å². The van der Waals surface area contributed by atoms with Gasteiger partial charge < -0.3 is 15.5 Å². The number of rotatable bonds is 36. The third-order valence-electron chi connectivity index (χ3n) is 8.82. The first-order valence-corrected chi connectivity index (χ1v) is 21.0. The maximum Gasteiger partial charge on any atom is 0.220 e. The van der Waals surface area contributed by atoms with Crippen molar-refractivity contribution in [2.24, 2.45) is 0 Å². The van der Waals surface area contributed by atoms with Crippen molar-refractivity contribution in [3.63, 3.8) is 0 Å². The molecule has 0 bridgehead atoms. The average molecular weight is 706 g/mol. The van der Waals surface area contributed by atoms with Gasteiger partial charge in [-0.3, -0.25) is 4.79 Å². The number of aliphatic hydroxyl groups excluding tert-OH is 2. The minimum Gasteiger partial charge on any atom is -0.394 e. The molecule has 2 unspecified atom stereocenters. The lowest BCUT2D eigenvalue weighted by Crippen LogP contribution is -2.45. The first-order chi connectivity index (χ1) is 25.2. The predicted molar refractivity (Wildman–Crippen MR) is 225 cm³/mol. The number of unbranched alkanes of at least 4 members (excludes halogenated alkanes) is 15. The van der Waals surface area contributed by atoms with Crippen LogP contribution in [0.5, 0.6) is 0 Å². The fourth-order valence-electron chi connectivity index (χ4n) is 5.63. The Morgan fingerprint density at radius 1 is 0.490 bits per heavy atom. The van der Waals surface area contributed by atoms with Crippen LogP contribution in [-0.2, 0) is 4.79 Å². The Kier molecular flexibility index (Phi) is 39.5. The molecule has 51 heavy (non-hydrogen) atoms. The van der Waals surface area contributed by atoms with Crippen LogP contribution in [0.4, 0.5) is 0 Å². The van der Waals surface area contributed by atoms with Gasteiger partial charge in [0.1, 0.15) is 0 Å². The summed E-state index contributed by atoms with van der Waals surface area (Å²) in [6.45, 7) is 4.10. The third-order valence-corrected chi connectivity index (χ3v) is 8.82. The van der Waals surface area contributed by atoms with Crippen LogP contribution in [0.3, 0.4) is 0 Å². The van der Waals surface area contributed by atoms with E-state index in [2.05, 4.69) is 104 Å². The quantitative estimate of drug-likeness (QED) is 0.0449. The lowest BCUT2D eigenvalue weighted by molar-refractivity contribution is -0.123. The number of amides is 1. The highest BCUT2D eigenvalue weighted by atomic mass is 16.3. The smallest absolute Gasteiger partial charge is 0.220 e. The second-order valence-electron chi connectivity index (χ2n) is 13.7. The summed E-state index contributed by atoms with van der Waals surface area (Å²) < 4.78 is 0. The highest BCUT2D eigenvalue weighted by molar-refractivity contribution is 5.76. The van der Waals surface area contributed by atoms with Crippen molar-refractivity contribution in [1.29, 1.82) is 0 Å². The lowest BCUT2D eigenvalue weighted by Gasteiger charge is -2.20. The molecule has 1 amide bonds. The first-order valence-electron chi connectivity index (χ1n) is 21.0. The standard InChI is InChI=1S/C47H79NO3/c1-3-5-7-9-11-12-13-14-15-16-17-18-19-20-21-22-23-24-25-26-27-28-29-30-31-32-33-34-35-36-37-39-41-43-47(51)48-45(44-49)46(50)42-40-38-10-8-6-4-2/h5,7,11-12,14-15,17-18,20-21,23-24,26-27,40,42,45-46,49-50H,3-4,6,8-10,13,16,19,22,25,28-39,41,43-44H2,1-2H3,(H,48,51)/b7-5-,12-11-,15-14-,18-17-,21-20-,24-23-,27-26-,42-40+. The molecule has 0 saturated heterocycles. The molecular weight excluding hydrogens is 627 g/mol. The van der Waals surface area contributed by atoms with Crippen LogP contribution in [-0.4, -0.2) is 34.9 Å². The van der Waals surface area contributed by atoms with E-state index in [1.807, 2.05) is 6.08 Å². The minimum atomic E-state index is -0.841. The molecule has 0 fully saturated rings. The van der Waals surface area contributed by atoms with E-state index >= 15 is 0 Å². The second-order valence-corrected chi connectivity index (χ2v) is 13.7. The summed E-state index contributed by atoms with van der Waals surface area (Å²) in [6.07, 6.45) is 62.5. The number of aliphatic hydroxyl groups is 2. The zero-order valence-electron chi connectivity index (χ0n) is 33.1. The summed E-state index contributed by atoms with van der Waals surface area (Å²) in [5, 5.41) is 22.7. The van der Waals surface area contributed by atoms with Crippen LogP contribution in [0.15, 0.2) is 97.2 Å².